The SMILES string of the molecule is CC(Oc1ccc(Cc2ccc(O)cc2)cc1)C(=O)Nc1ccc2n[nH]nc2c1. The van der Waals surface area contributed by atoms with E-state index >= 15 is 0 Å². The second-order valence-corrected chi connectivity index (χ2v) is 6.76. The van der Waals surface area contributed by atoms with Gasteiger partial charge in [0.1, 0.15) is 22.5 Å². The van der Waals surface area contributed by atoms with Gasteiger partial charge in [-0.05, 0) is 66.9 Å². The Balaban J connectivity index is 1.35. The summed E-state index contributed by atoms with van der Waals surface area (Å²) in [5.74, 6) is 0.626. The maximum Gasteiger partial charge on any atom is 0.265 e. The largest absolute Gasteiger partial charge is 0.508 e. The van der Waals surface area contributed by atoms with Crippen LogP contribution in [0.15, 0.2) is 66.7 Å². The van der Waals surface area contributed by atoms with E-state index in [-0.39, 0.29) is 11.7 Å². The van der Waals surface area contributed by atoms with Gasteiger partial charge in [0.2, 0.25) is 0 Å². The molecule has 0 aliphatic carbocycles. The van der Waals surface area contributed by atoms with Crippen LogP contribution < -0.4 is 10.1 Å². The number of anilines is 1. The van der Waals surface area contributed by atoms with Crippen molar-refractivity contribution in [3.8, 4) is 11.5 Å². The summed E-state index contributed by atoms with van der Waals surface area (Å²) >= 11 is 0. The normalized spacial score (nSPS) is 11.9. The molecular formula is C22H20N4O3. The molecule has 7 nitrogen and oxygen atoms in total. The number of hydrogen-bond donors (Lipinski definition) is 3. The van der Waals surface area contributed by atoms with E-state index in [9.17, 15) is 9.90 Å². The van der Waals surface area contributed by atoms with E-state index in [4.69, 9.17) is 4.74 Å². The van der Waals surface area contributed by atoms with Crippen molar-refractivity contribution in [2.45, 2.75) is 19.4 Å². The van der Waals surface area contributed by atoms with Crippen molar-refractivity contribution < 1.29 is 14.6 Å². The van der Waals surface area contributed by atoms with E-state index in [2.05, 4.69) is 20.7 Å². The zero-order valence-corrected chi connectivity index (χ0v) is 15.8. The van der Waals surface area contributed by atoms with Crippen molar-refractivity contribution in [1.82, 2.24) is 15.4 Å². The molecule has 1 amide bonds. The van der Waals surface area contributed by atoms with Crippen LogP contribution in [0.25, 0.3) is 11.0 Å². The minimum absolute atomic E-state index is 0.249. The highest BCUT2D eigenvalue weighted by Crippen LogP contribution is 2.19. The number of H-pyrrole nitrogens is 1. The van der Waals surface area contributed by atoms with Crippen molar-refractivity contribution in [2.75, 3.05) is 5.32 Å². The molecule has 0 saturated heterocycles. The van der Waals surface area contributed by atoms with E-state index in [0.717, 1.165) is 23.1 Å². The quantitative estimate of drug-likeness (QED) is 0.468. The zero-order chi connectivity index (χ0) is 20.2. The lowest BCUT2D eigenvalue weighted by atomic mass is 10.0. The topological polar surface area (TPSA) is 100 Å². The summed E-state index contributed by atoms with van der Waals surface area (Å²) in [6, 6.07) is 20.1. The number of nitrogens with one attached hydrogen (secondary N) is 2. The first-order chi connectivity index (χ1) is 14.1. The molecule has 1 unspecified atom stereocenters. The Hall–Kier alpha value is -3.87. The van der Waals surface area contributed by atoms with Gasteiger partial charge >= 0.3 is 0 Å². The van der Waals surface area contributed by atoms with Gasteiger partial charge in [-0.25, -0.2) is 0 Å². The minimum Gasteiger partial charge on any atom is -0.508 e. The highest BCUT2D eigenvalue weighted by molar-refractivity contribution is 5.95. The first-order valence-corrected chi connectivity index (χ1v) is 9.22. The Bertz CT molecular complexity index is 1120. The lowest BCUT2D eigenvalue weighted by Gasteiger charge is -2.15. The van der Waals surface area contributed by atoms with Crippen LogP contribution in [0.5, 0.6) is 11.5 Å². The molecule has 1 atom stereocenters. The number of phenols is 1. The number of fused-ring (bicyclic) bond motifs is 1. The van der Waals surface area contributed by atoms with Gasteiger partial charge in [0, 0.05) is 5.69 Å². The molecule has 3 N–H and O–H groups in total. The molecule has 0 radical (unpaired) electrons. The number of carbonyl (C=O) groups is 1. The van der Waals surface area contributed by atoms with Crippen LogP contribution in [0.1, 0.15) is 18.1 Å². The summed E-state index contributed by atoms with van der Waals surface area (Å²) in [7, 11) is 0. The van der Waals surface area contributed by atoms with Crippen LogP contribution in [0, 0.1) is 0 Å². The van der Waals surface area contributed by atoms with E-state index in [1.165, 1.54) is 0 Å². The van der Waals surface area contributed by atoms with Crippen LogP contribution in [-0.2, 0) is 11.2 Å². The molecule has 146 valence electrons. The van der Waals surface area contributed by atoms with Crippen LogP contribution in [0.4, 0.5) is 5.69 Å². The second-order valence-electron chi connectivity index (χ2n) is 6.76. The lowest BCUT2D eigenvalue weighted by Crippen LogP contribution is -2.30. The van der Waals surface area contributed by atoms with E-state index in [1.54, 1.807) is 37.3 Å². The summed E-state index contributed by atoms with van der Waals surface area (Å²) in [5, 5.41) is 22.7. The molecule has 4 rings (SSSR count). The summed E-state index contributed by atoms with van der Waals surface area (Å²) in [6.07, 6.45) is 0.0900. The number of aromatic nitrogens is 3. The number of amides is 1. The summed E-state index contributed by atoms with van der Waals surface area (Å²) in [6.45, 7) is 1.70. The number of rotatable bonds is 6. The predicted molar refractivity (Wildman–Crippen MR) is 110 cm³/mol. The van der Waals surface area contributed by atoms with Crippen LogP contribution in [-0.4, -0.2) is 32.5 Å². The molecule has 3 aromatic carbocycles. The fourth-order valence-corrected chi connectivity index (χ4v) is 2.95. The molecule has 0 fully saturated rings. The molecule has 0 bridgehead atoms. The van der Waals surface area contributed by atoms with Crippen molar-refractivity contribution >= 4 is 22.6 Å². The molecule has 0 saturated carbocycles. The van der Waals surface area contributed by atoms with Crippen molar-refractivity contribution in [3.05, 3.63) is 77.9 Å². The first kappa shape index (κ1) is 18.5. The highest BCUT2D eigenvalue weighted by Gasteiger charge is 2.15. The number of hydrogen-bond acceptors (Lipinski definition) is 5. The first-order valence-electron chi connectivity index (χ1n) is 9.22. The number of ether oxygens (including phenoxy) is 1. The van der Waals surface area contributed by atoms with Crippen LogP contribution in [0.3, 0.4) is 0 Å². The number of aromatic hydroxyl groups is 1. The maximum atomic E-state index is 12.4. The minimum atomic E-state index is -0.661. The van der Waals surface area contributed by atoms with Gasteiger partial charge in [-0.3, -0.25) is 4.79 Å². The van der Waals surface area contributed by atoms with E-state index in [0.29, 0.717) is 17.0 Å². The maximum absolute atomic E-state index is 12.4. The molecule has 0 spiro atoms. The summed E-state index contributed by atoms with van der Waals surface area (Å²) < 4.78 is 5.76. The van der Waals surface area contributed by atoms with Gasteiger partial charge in [0.05, 0.1) is 0 Å². The number of phenolic OH excluding ortho intramolecular Hbond substituents is 1. The van der Waals surface area contributed by atoms with Gasteiger partial charge in [-0.2, -0.15) is 15.4 Å². The number of aromatic amines is 1. The highest BCUT2D eigenvalue weighted by atomic mass is 16.5. The molecule has 0 aliphatic heterocycles. The Labute approximate surface area is 167 Å². The van der Waals surface area contributed by atoms with Crippen LogP contribution in [0.2, 0.25) is 0 Å². The Morgan fingerprint density at radius 2 is 1.66 bits per heavy atom. The lowest BCUT2D eigenvalue weighted by molar-refractivity contribution is -0.122. The Morgan fingerprint density at radius 3 is 2.38 bits per heavy atom. The predicted octanol–water partition coefficient (Wildman–Crippen LogP) is 3.66. The molecule has 0 aliphatic rings. The fourth-order valence-electron chi connectivity index (χ4n) is 2.95. The second kappa shape index (κ2) is 8.02. The van der Waals surface area contributed by atoms with Gasteiger partial charge in [0.25, 0.3) is 5.91 Å². The number of carbonyl (C=O) groups excluding carboxylic acids is 1. The average molecular weight is 388 g/mol. The Morgan fingerprint density at radius 1 is 1.00 bits per heavy atom. The molecule has 29 heavy (non-hydrogen) atoms. The molecular weight excluding hydrogens is 368 g/mol. The summed E-state index contributed by atoms with van der Waals surface area (Å²) in [5.41, 5.74) is 4.27. The fraction of sp³-hybridized carbons (Fsp3) is 0.136. The molecule has 1 aromatic heterocycles. The van der Waals surface area contributed by atoms with Crippen LogP contribution >= 0.6 is 0 Å². The third-order valence-corrected chi connectivity index (χ3v) is 4.53. The third kappa shape index (κ3) is 4.52. The van der Waals surface area contributed by atoms with Crippen molar-refractivity contribution in [2.24, 2.45) is 0 Å². The Kier molecular flexibility index (Phi) is 5.11. The zero-order valence-electron chi connectivity index (χ0n) is 15.8. The number of nitrogens with zero attached hydrogens (tertiary/aromatic N) is 2. The third-order valence-electron chi connectivity index (χ3n) is 4.53. The standard InChI is InChI=1S/C22H20N4O3/c1-14(22(28)23-17-6-11-20-21(13-17)25-26-24-20)29-19-9-4-16(5-10-19)12-15-2-7-18(27)8-3-15/h2-11,13-14,27H,12H2,1H3,(H,23,28)(H,24,25,26). The van der Waals surface area contributed by atoms with E-state index < -0.39 is 6.10 Å². The van der Waals surface area contributed by atoms with E-state index in [1.807, 2.05) is 36.4 Å². The monoisotopic (exact) mass is 388 g/mol. The average Bonchev–Trinajstić information content (AvgIpc) is 3.19. The number of benzene rings is 3. The van der Waals surface area contributed by atoms with Gasteiger partial charge in [-0.15, -0.1) is 0 Å². The van der Waals surface area contributed by atoms with Gasteiger partial charge in [0.15, 0.2) is 6.10 Å². The van der Waals surface area contributed by atoms with Gasteiger partial charge < -0.3 is 15.2 Å². The van der Waals surface area contributed by atoms with Crippen molar-refractivity contribution in [3.63, 3.8) is 0 Å². The molecule has 4 aromatic rings. The van der Waals surface area contributed by atoms with Crippen molar-refractivity contribution in [1.29, 1.82) is 0 Å². The molecule has 1 heterocycles. The molecule has 7 heteroatoms. The van der Waals surface area contributed by atoms with Gasteiger partial charge in [-0.1, -0.05) is 24.3 Å². The smallest absolute Gasteiger partial charge is 0.265 e. The summed E-state index contributed by atoms with van der Waals surface area (Å²) in [4.78, 5) is 12.4.